The quantitative estimate of drug-likeness (QED) is 0.741. The highest BCUT2D eigenvalue weighted by Gasteiger charge is 2.42. The molecule has 1 aromatic rings. The van der Waals surface area contributed by atoms with Gasteiger partial charge in [-0.2, -0.15) is 13.2 Å². The van der Waals surface area contributed by atoms with Crippen LogP contribution in [0.2, 0.25) is 5.02 Å². The lowest BCUT2D eigenvalue weighted by molar-refractivity contribution is -0.183. The highest BCUT2D eigenvalue weighted by molar-refractivity contribution is 6.30. The molecule has 0 heterocycles. The highest BCUT2D eigenvalue weighted by atomic mass is 35.5. The van der Waals surface area contributed by atoms with Crippen molar-refractivity contribution in [2.45, 2.75) is 26.9 Å². The number of ether oxygens (including phenoxy) is 1. The second-order valence-corrected chi connectivity index (χ2v) is 7.35. The van der Waals surface area contributed by atoms with E-state index in [1.165, 1.54) is 19.2 Å². The summed E-state index contributed by atoms with van der Waals surface area (Å²) < 4.78 is 43.3. The summed E-state index contributed by atoms with van der Waals surface area (Å²) in [6.07, 6.45) is -5.10. The fourth-order valence-electron chi connectivity index (χ4n) is 2.67. The number of methoxy groups -OCH3 is 1. The Morgan fingerprint density at radius 2 is 1.78 bits per heavy atom. The molecule has 27 heavy (non-hydrogen) atoms. The molecule has 0 aliphatic heterocycles. The van der Waals surface area contributed by atoms with E-state index in [4.69, 9.17) is 16.3 Å². The number of carboxylic acids is 1. The van der Waals surface area contributed by atoms with Crippen LogP contribution in [0.3, 0.4) is 0 Å². The third-order valence-electron chi connectivity index (χ3n) is 3.73. The number of aliphatic carboxylic acids is 1. The van der Waals surface area contributed by atoms with Gasteiger partial charge in [-0.1, -0.05) is 32.4 Å². The lowest BCUT2D eigenvalue weighted by Crippen LogP contribution is -2.40. The topological polar surface area (TPSA) is 66.8 Å². The van der Waals surface area contributed by atoms with Crippen LogP contribution in [0.1, 0.15) is 26.3 Å². The van der Waals surface area contributed by atoms with Crippen LogP contribution < -0.4 is 4.74 Å². The maximum atomic E-state index is 12.7. The molecular weight excluding hydrogens is 387 g/mol. The number of allylic oxidation sites excluding steroid dienone is 1. The third kappa shape index (κ3) is 5.63. The minimum Gasteiger partial charge on any atom is -0.496 e. The molecule has 150 valence electrons. The first-order valence-corrected chi connectivity index (χ1v) is 8.21. The zero-order chi connectivity index (χ0) is 21.2. The van der Waals surface area contributed by atoms with Crippen molar-refractivity contribution < 1.29 is 32.6 Å². The van der Waals surface area contributed by atoms with Gasteiger partial charge in [-0.15, -0.1) is 0 Å². The van der Waals surface area contributed by atoms with Crippen molar-refractivity contribution in [1.82, 2.24) is 4.90 Å². The smallest absolute Gasteiger partial charge is 0.471 e. The number of benzene rings is 1. The van der Waals surface area contributed by atoms with Gasteiger partial charge in [0.15, 0.2) is 0 Å². The summed E-state index contributed by atoms with van der Waals surface area (Å²) in [7, 11) is 2.28. The predicted octanol–water partition coefficient (Wildman–Crippen LogP) is 4.25. The van der Waals surface area contributed by atoms with Crippen LogP contribution in [0.4, 0.5) is 13.2 Å². The predicted molar refractivity (Wildman–Crippen MR) is 95.7 cm³/mol. The normalized spacial score (nSPS) is 13.1. The number of halogens is 4. The van der Waals surface area contributed by atoms with Crippen molar-refractivity contribution in [1.29, 1.82) is 0 Å². The molecule has 0 radical (unpaired) electrons. The Hall–Kier alpha value is -2.22. The molecule has 0 fully saturated rings. The van der Waals surface area contributed by atoms with Gasteiger partial charge < -0.3 is 14.7 Å². The molecule has 0 saturated carbocycles. The van der Waals surface area contributed by atoms with E-state index in [1.54, 1.807) is 26.8 Å². The van der Waals surface area contributed by atoms with Crippen LogP contribution in [-0.2, 0) is 9.59 Å². The minimum absolute atomic E-state index is 0.219. The Bertz CT molecular complexity index is 767. The van der Waals surface area contributed by atoms with E-state index >= 15 is 0 Å². The number of carbonyl (C=O) groups excluding carboxylic acids is 1. The molecule has 0 spiro atoms. The molecule has 1 amide bonds. The first-order chi connectivity index (χ1) is 12.2. The Morgan fingerprint density at radius 1 is 1.22 bits per heavy atom. The molecule has 1 aromatic carbocycles. The highest BCUT2D eigenvalue weighted by Crippen LogP contribution is 2.42. The van der Waals surface area contributed by atoms with Gasteiger partial charge in [0, 0.05) is 17.6 Å². The second-order valence-electron chi connectivity index (χ2n) is 6.91. The summed E-state index contributed by atoms with van der Waals surface area (Å²) in [6, 6.07) is 4.56. The fraction of sp³-hybridized carbons (Fsp3) is 0.444. The van der Waals surface area contributed by atoms with Gasteiger partial charge in [-0.25, -0.2) is 4.79 Å². The number of rotatable bonds is 5. The maximum absolute atomic E-state index is 12.7. The molecule has 1 N–H and O–H groups in total. The number of hydrogen-bond acceptors (Lipinski definition) is 3. The van der Waals surface area contributed by atoms with Gasteiger partial charge in [0.2, 0.25) is 0 Å². The Labute approximate surface area is 160 Å². The van der Waals surface area contributed by atoms with E-state index in [1.807, 2.05) is 0 Å². The summed E-state index contributed by atoms with van der Waals surface area (Å²) in [4.78, 5) is 23.7. The monoisotopic (exact) mass is 407 g/mol. The SMILES string of the molecule is COc1ccc(Cl)cc1/C(=C(\CN(C)C(=O)C(F)(F)F)C(=O)O)C(C)(C)C. The van der Waals surface area contributed by atoms with Crippen LogP contribution >= 0.6 is 11.6 Å². The largest absolute Gasteiger partial charge is 0.496 e. The number of carbonyl (C=O) groups is 2. The van der Waals surface area contributed by atoms with E-state index in [0.717, 1.165) is 7.05 Å². The standard InChI is InChI=1S/C18H21ClF3NO4/c1-17(2,3)14(11-8-10(19)6-7-13(11)27-5)12(15(24)25)9-23(4)16(26)18(20,21)22/h6-8H,9H2,1-5H3,(H,24,25)/b14-12-. The lowest BCUT2D eigenvalue weighted by atomic mass is 9.78. The van der Waals surface area contributed by atoms with Gasteiger partial charge in [0.25, 0.3) is 0 Å². The Kier molecular flexibility index (Phi) is 6.94. The van der Waals surface area contributed by atoms with Crippen LogP contribution in [0.5, 0.6) is 5.75 Å². The minimum atomic E-state index is -5.10. The molecule has 0 saturated heterocycles. The average Bonchev–Trinajstić information content (AvgIpc) is 2.51. The Balaban J connectivity index is 3.68. The Morgan fingerprint density at radius 3 is 2.19 bits per heavy atom. The van der Waals surface area contributed by atoms with E-state index < -0.39 is 30.0 Å². The van der Waals surface area contributed by atoms with Crippen LogP contribution in [0, 0.1) is 5.41 Å². The van der Waals surface area contributed by atoms with Gasteiger partial charge in [-0.3, -0.25) is 4.79 Å². The molecule has 0 aromatic heterocycles. The number of hydrogen-bond donors (Lipinski definition) is 1. The lowest BCUT2D eigenvalue weighted by Gasteiger charge is -2.29. The van der Waals surface area contributed by atoms with Crippen molar-refractivity contribution in [3.05, 3.63) is 34.4 Å². The fourth-order valence-corrected chi connectivity index (χ4v) is 2.85. The van der Waals surface area contributed by atoms with Gasteiger partial charge >= 0.3 is 18.1 Å². The van der Waals surface area contributed by atoms with E-state index in [-0.39, 0.29) is 11.1 Å². The van der Waals surface area contributed by atoms with Crippen molar-refractivity contribution in [3.63, 3.8) is 0 Å². The first kappa shape index (κ1) is 22.8. The van der Waals surface area contributed by atoms with Crippen molar-refractivity contribution in [3.8, 4) is 5.75 Å². The molecule has 0 aliphatic carbocycles. The third-order valence-corrected chi connectivity index (χ3v) is 3.96. The van der Waals surface area contributed by atoms with Crippen LogP contribution in [0.15, 0.2) is 23.8 Å². The van der Waals surface area contributed by atoms with Crippen LogP contribution in [0.25, 0.3) is 5.57 Å². The van der Waals surface area contributed by atoms with Crippen LogP contribution in [-0.4, -0.2) is 48.8 Å². The van der Waals surface area contributed by atoms with E-state index in [0.29, 0.717) is 21.2 Å². The molecule has 0 atom stereocenters. The second kappa shape index (κ2) is 8.21. The van der Waals surface area contributed by atoms with Gasteiger partial charge in [-0.05, 0) is 29.2 Å². The maximum Gasteiger partial charge on any atom is 0.471 e. The number of alkyl halides is 3. The van der Waals surface area contributed by atoms with Crippen molar-refractivity contribution in [2.24, 2.45) is 5.41 Å². The molecule has 5 nitrogen and oxygen atoms in total. The zero-order valence-corrected chi connectivity index (χ0v) is 16.3. The van der Waals surface area contributed by atoms with Crippen molar-refractivity contribution in [2.75, 3.05) is 20.7 Å². The molecular formula is C18H21ClF3NO4. The summed E-state index contributed by atoms with van der Waals surface area (Å²) in [6.45, 7) is 4.38. The van der Waals surface area contributed by atoms with E-state index in [9.17, 15) is 27.9 Å². The average molecular weight is 408 g/mol. The molecule has 0 unspecified atom stereocenters. The zero-order valence-electron chi connectivity index (χ0n) is 15.6. The summed E-state index contributed by atoms with van der Waals surface area (Å²) >= 11 is 6.03. The molecule has 1 rings (SSSR count). The number of carboxylic acid groups (broad SMARTS) is 1. The van der Waals surface area contributed by atoms with Gasteiger partial charge in [0.05, 0.1) is 19.2 Å². The number of nitrogens with zero attached hydrogens (tertiary/aromatic N) is 1. The summed E-state index contributed by atoms with van der Waals surface area (Å²) in [5, 5.41) is 9.99. The summed E-state index contributed by atoms with van der Waals surface area (Å²) in [5.41, 5.74) is -0.601. The van der Waals surface area contributed by atoms with E-state index in [2.05, 4.69) is 0 Å². The summed E-state index contributed by atoms with van der Waals surface area (Å²) in [5.74, 6) is -3.26. The molecule has 0 bridgehead atoms. The number of amides is 1. The first-order valence-electron chi connectivity index (χ1n) is 7.83. The number of likely N-dealkylation sites (N-methyl/N-ethyl adjacent to an activating group) is 1. The molecule has 9 heteroatoms. The molecule has 0 aliphatic rings. The van der Waals surface area contributed by atoms with Crippen molar-refractivity contribution >= 4 is 29.1 Å². The van der Waals surface area contributed by atoms with Gasteiger partial charge in [0.1, 0.15) is 5.75 Å².